The molecule has 2 heterocycles. The van der Waals surface area contributed by atoms with Crippen molar-refractivity contribution in [1.82, 2.24) is 4.98 Å². The van der Waals surface area contributed by atoms with Gasteiger partial charge in [-0.3, -0.25) is 4.79 Å². The number of fused-ring (bicyclic) bond motifs is 1. The van der Waals surface area contributed by atoms with Crippen molar-refractivity contribution in [3.8, 4) is 16.9 Å². The number of aromatic nitrogens is 1. The summed E-state index contributed by atoms with van der Waals surface area (Å²) < 4.78 is 0. The van der Waals surface area contributed by atoms with Crippen molar-refractivity contribution in [3.63, 3.8) is 0 Å². The second-order valence-corrected chi connectivity index (χ2v) is 7.56. The Morgan fingerprint density at radius 3 is 2.50 bits per heavy atom. The standard InChI is InChI=1S/C23H17NO5S/c25-11-5-9-14-8-4-10-15-16(12-24-18(14)15)19(26)22-20(27)17(21(30-22)23(28)29)13-6-2-1-3-7-13/h1-10,12,24-25,27H,11H2,(H,28,29). The first-order valence-electron chi connectivity index (χ1n) is 9.09. The van der Waals surface area contributed by atoms with Crippen LogP contribution in [0.4, 0.5) is 0 Å². The quantitative estimate of drug-likeness (QED) is 0.343. The fourth-order valence-corrected chi connectivity index (χ4v) is 4.42. The molecule has 0 spiro atoms. The molecular formula is C23H17NO5S. The van der Waals surface area contributed by atoms with Crippen LogP contribution in [0.25, 0.3) is 28.1 Å². The fraction of sp³-hybridized carbons (Fsp3) is 0.0435. The number of carbonyl (C=O) groups excluding carboxylic acids is 1. The Bertz CT molecular complexity index is 1280. The highest BCUT2D eigenvalue weighted by molar-refractivity contribution is 7.17. The fourth-order valence-electron chi connectivity index (χ4n) is 3.41. The molecule has 4 rings (SSSR count). The first-order valence-corrected chi connectivity index (χ1v) is 9.91. The van der Waals surface area contributed by atoms with E-state index < -0.39 is 11.8 Å². The Labute approximate surface area is 175 Å². The number of aliphatic hydroxyl groups excluding tert-OH is 1. The Hall–Kier alpha value is -3.68. The molecule has 0 radical (unpaired) electrons. The molecule has 0 amide bonds. The lowest BCUT2D eigenvalue weighted by Gasteiger charge is -2.02. The van der Waals surface area contributed by atoms with Crippen LogP contribution < -0.4 is 0 Å². The molecule has 0 aliphatic rings. The Morgan fingerprint density at radius 1 is 1.03 bits per heavy atom. The third-order valence-corrected chi connectivity index (χ3v) is 5.91. The van der Waals surface area contributed by atoms with Gasteiger partial charge in [-0.05, 0) is 11.1 Å². The third-order valence-electron chi connectivity index (χ3n) is 4.74. The molecular weight excluding hydrogens is 402 g/mol. The number of aromatic amines is 1. The molecule has 30 heavy (non-hydrogen) atoms. The second kappa shape index (κ2) is 7.98. The lowest BCUT2D eigenvalue weighted by molar-refractivity contribution is 0.0702. The van der Waals surface area contributed by atoms with Gasteiger partial charge in [0.1, 0.15) is 15.5 Å². The predicted molar refractivity (Wildman–Crippen MR) is 116 cm³/mol. The van der Waals surface area contributed by atoms with E-state index in [9.17, 15) is 19.8 Å². The van der Waals surface area contributed by atoms with Crippen LogP contribution in [0, 0.1) is 0 Å². The zero-order chi connectivity index (χ0) is 21.3. The molecule has 2 aromatic heterocycles. The van der Waals surface area contributed by atoms with Gasteiger partial charge in [0, 0.05) is 22.7 Å². The summed E-state index contributed by atoms with van der Waals surface area (Å²) in [6, 6.07) is 14.0. The van der Waals surface area contributed by atoms with E-state index in [1.54, 1.807) is 60.8 Å². The summed E-state index contributed by atoms with van der Waals surface area (Å²) in [5.41, 5.74) is 2.51. The molecule has 4 aromatic rings. The average Bonchev–Trinajstić information content (AvgIpc) is 3.34. The number of H-pyrrole nitrogens is 1. The molecule has 0 saturated carbocycles. The first kappa shape index (κ1) is 19.6. The number of rotatable bonds is 6. The molecule has 6 nitrogen and oxygen atoms in total. The maximum atomic E-state index is 13.3. The predicted octanol–water partition coefficient (Wildman–Crippen LogP) is 4.54. The first-order chi connectivity index (χ1) is 14.5. The summed E-state index contributed by atoms with van der Waals surface area (Å²) in [4.78, 5) is 28.0. The summed E-state index contributed by atoms with van der Waals surface area (Å²) in [6.07, 6.45) is 4.88. The van der Waals surface area contributed by atoms with Crippen molar-refractivity contribution in [2.75, 3.05) is 6.61 Å². The van der Waals surface area contributed by atoms with Crippen molar-refractivity contribution in [3.05, 3.63) is 81.7 Å². The van der Waals surface area contributed by atoms with Crippen molar-refractivity contribution in [2.24, 2.45) is 0 Å². The normalized spacial score (nSPS) is 11.4. The highest BCUT2D eigenvalue weighted by Gasteiger charge is 2.28. The molecule has 0 bridgehead atoms. The second-order valence-electron chi connectivity index (χ2n) is 6.54. The summed E-state index contributed by atoms with van der Waals surface area (Å²) in [5, 5.41) is 30.1. The van der Waals surface area contributed by atoms with E-state index in [0.29, 0.717) is 22.0 Å². The van der Waals surface area contributed by atoms with Crippen molar-refractivity contribution in [1.29, 1.82) is 0 Å². The van der Waals surface area contributed by atoms with Crippen LogP contribution in [0.1, 0.15) is 30.5 Å². The number of para-hydroxylation sites is 1. The van der Waals surface area contributed by atoms with E-state index in [-0.39, 0.29) is 27.7 Å². The smallest absolute Gasteiger partial charge is 0.346 e. The highest BCUT2D eigenvalue weighted by atomic mass is 32.1. The number of carboxylic acids is 1. The molecule has 0 aliphatic carbocycles. The maximum absolute atomic E-state index is 13.3. The SMILES string of the molecule is O=C(O)c1sc(C(=O)c2c[nH]c3c(C=CCO)cccc23)c(O)c1-c1ccccc1. The highest BCUT2D eigenvalue weighted by Crippen LogP contribution is 2.43. The molecule has 0 atom stereocenters. The molecule has 0 fully saturated rings. The summed E-state index contributed by atoms with van der Waals surface area (Å²) >= 11 is 0.762. The molecule has 2 aromatic carbocycles. The lowest BCUT2D eigenvalue weighted by Crippen LogP contribution is -1.98. The summed E-state index contributed by atoms with van der Waals surface area (Å²) in [6.45, 7) is -0.105. The number of carbonyl (C=O) groups is 2. The number of ketones is 1. The third kappa shape index (κ3) is 3.30. The van der Waals surface area contributed by atoms with E-state index in [2.05, 4.69) is 4.98 Å². The minimum absolute atomic E-state index is 0.0246. The van der Waals surface area contributed by atoms with Crippen molar-refractivity contribution in [2.45, 2.75) is 0 Å². The van der Waals surface area contributed by atoms with Gasteiger partial charge in [0.2, 0.25) is 5.78 Å². The number of benzene rings is 2. The number of thiophene rings is 1. The topological polar surface area (TPSA) is 111 Å². The van der Waals surface area contributed by atoms with Gasteiger partial charge in [0.25, 0.3) is 0 Å². The zero-order valence-electron chi connectivity index (χ0n) is 15.6. The number of aromatic carboxylic acids is 1. The molecule has 150 valence electrons. The van der Waals surface area contributed by atoms with Gasteiger partial charge < -0.3 is 20.3 Å². The van der Waals surface area contributed by atoms with Crippen LogP contribution >= 0.6 is 11.3 Å². The largest absolute Gasteiger partial charge is 0.506 e. The van der Waals surface area contributed by atoms with Crippen molar-refractivity contribution >= 4 is 40.1 Å². The molecule has 7 heteroatoms. The van der Waals surface area contributed by atoms with Gasteiger partial charge >= 0.3 is 5.97 Å². The molecule has 0 aliphatic heterocycles. The van der Waals surface area contributed by atoms with Crippen LogP contribution in [0.3, 0.4) is 0 Å². The van der Waals surface area contributed by atoms with E-state index in [4.69, 9.17) is 5.11 Å². The van der Waals surface area contributed by atoms with Crippen LogP contribution in [0.5, 0.6) is 5.75 Å². The van der Waals surface area contributed by atoms with Crippen LogP contribution in [0.2, 0.25) is 0 Å². The number of hydrogen-bond donors (Lipinski definition) is 4. The van der Waals surface area contributed by atoms with Crippen molar-refractivity contribution < 1.29 is 24.9 Å². The Balaban J connectivity index is 1.85. The minimum Gasteiger partial charge on any atom is -0.506 e. The van der Waals surface area contributed by atoms with Gasteiger partial charge in [-0.2, -0.15) is 0 Å². The minimum atomic E-state index is -1.21. The molecule has 0 unspecified atom stereocenters. The Kier molecular flexibility index (Phi) is 5.22. The Morgan fingerprint density at radius 2 is 1.80 bits per heavy atom. The van der Waals surface area contributed by atoms with Gasteiger partial charge in [0.05, 0.1) is 12.1 Å². The van der Waals surface area contributed by atoms with E-state index in [1.807, 2.05) is 6.07 Å². The zero-order valence-corrected chi connectivity index (χ0v) is 16.4. The van der Waals surface area contributed by atoms with Gasteiger partial charge in [0.15, 0.2) is 0 Å². The monoisotopic (exact) mass is 419 g/mol. The number of carboxylic acid groups (broad SMARTS) is 1. The number of aromatic hydroxyl groups is 1. The van der Waals surface area contributed by atoms with Gasteiger partial charge in [-0.25, -0.2) is 4.79 Å². The van der Waals surface area contributed by atoms with E-state index >= 15 is 0 Å². The lowest BCUT2D eigenvalue weighted by atomic mass is 10.0. The van der Waals surface area contributed by atoms with Gasteiger partial charge in [-0.15, -0.1) is 11.3 Å². The van der Waals surface area contributed by atoms with E-state index in [0.717, 1.165) is 16.9 Å². The van der Waals surface area contributed by atoms with Crippen LogP contribution in [-0.2, 0) is 0 Å². The number of aliphatic hydroxyl groups is 1. The number of nitrogens with one attached hydrogen (secondary N) is 1. The molecule has 0 saturated heterocycles. The van der Waals surface area contributed by atoms with Crippen LogP contribution in [0.15, 0.2) is 60.8 Å². The van der Waals surface area contributed by atoms with E-state index in [1.165, 1.54) is 0 Å². The maximum Gasteiger partial charge on any atom is 0.346 e. The molecule has 4 N–H and O–H groups in total. The van der Waals surface area contributed by atoms with Crippen LogP contribution in [-0.4, -0.2) is 38.7 Å². The average molecular weight is 419 g/mol. The van der Waals surface area contributed by atoms with Gasteiger partial charge in [-0.1, -0.05) is 60.7 Å². The summed E-state index contributed by atoms with van der Waals surface area (Å²) in [5.74, 6) is -2.00. The number of hydrogen-bond acceptors (Lipinski definition) is 5. The summed E-state index contributed by atoms with van der Waals surface area (Å²) in [7, 11) is 0.